The van der Waals surface area contributed by atoms with Crippen LogP contribution in [0.4, 0.5) is 0 Å². The topological polar surface area (TPSA) is 12.5 Å². The maximum absolute atomic E-state index is 6.25. The monoisotopic (exact) mass is 365 g/mol. The Hall–Kier alpha value is 0.200. The average molecular weight is 367 g/mol. The average Bonchev–Trinajstić information content (AvgIpc) is 2.33. The molecule has 1 aliphatic heterocycles. The van der Waals surface area contributed by atoms with E-state index in [2.05, 4.69) is 34.7 Å². The Labute approximate surface area is 133 Å². The molecule has 5 heteroatoms. The molecule has 0 bridgehead atoms. The molecular weight excluding hydrogens is 349 g/mol. The predicted molar refractivity (Wildman–Crippen MR) is 84.5 cm³/mol. The normalized spacial score (nSPS) is 23.5. The molecule has 0 saturated carbocycles. The smallest absolute Gasteiger partial charge is 0.0806 e. The van der Waals surface area contributed by atoms with Gasteiger partial charge in [0.15, 0.2) is 0 Å². The molecule has 1 heterocycles. The van der Waals surface area contributed by atoms with Crippen LogP contribution in [-0.4, -0.2) is 35.0 Å². The number of morpholine rings is 1. The van der Waals surface area contributed by atoms with Crippen LogP contribution in [0.15, 0.2) is 18.2 Å². The molecule has 1 aromatic rings. The maximum Gasteiger partial charge on any atom is 0.0806 e. The van der Waals surface area contributed by atoms with E-state index < -0.39 is 0 Å². The second-order valence-electron chi connectivity index (χ2n) is 5.54. The summed E-state index contributed by atoms with van der Waals surface area (Å²) in [4.78, 5) is 2.37. The van der Waals surface area contributed by atoms with Crippen molar-refractivity contribution in [3.63, 3.8) is 0 Å². The largest absolute Gasteiger partial charge is 0.369 e. The molecule has 106 valence electrons. The van der Waals surface area contributed by atoms with Crippen molar-refractivity contribution < 1.29 is 4.74 Å². The Balaban J connectivity index is 2.11. The van der Waals surface area contributed by atoms with Crippen LogP contribution in [0.2, 0.25) is 10.0 Å². The van der Waals surface area contributed by atoms with Crippen molar-refractivity contribution in [3.05, 3.63) is 33.8 Å². The van der Waals surface area contributed by atoms with Gasteiger partial charge in [0.1, 0.15) is 0 Å². The quantitative estimate of drug-likeness (QED) is 0.736. The van der Waals surface area contributed by atoms with E-state index in [1.807, 2.05) is 18.2 Å². The van der Waals surface area contributed by atoms with Crippen LogP contribution in [-0.2, 0) is 11.3 Å². The molecule has 19 heavy (non-hydrogen) atoms. The van der Waals surface area contributed by atoms with Crippen molar-refractivity contribution in [3.8, 4) is 0 Å². The van der Waals surface area contributed by atoms with Gasteiger partial charge in [-0.1, -0.05) is 51.3 Å². The first-order valence-electron chi connectivity index (χ1n) is 6.30. The molecule has 0 N–H and O–H groups in total. The molecule has 1 saturated heterocycles. The number of hydrogen-bond acceptors (Lipinski definition) is 2. The van der Waals surface area contributed by atoms with E-state index in [1.165, 1.54) is 0 Å². The molecule has 1 aromatic carbocycles. The Morgan fingerprint density at radius 2 is 2.16 bits per heavy atom. The van der Waals surface area contributed by atoms with E-state index in [4.69, 9.17) is 27.9 Å². The third kappa shape index (κ3) is 4.08. The van der Waals surface area contributed by atoms with Crippen LogP contribution in [0.1, 0.15) is 19.4 Å². The molecule has 1 atom stereocenters. The van der Waals surface area contributed by atoms with Crippen LogP contribution in [0.25, 0.3) is 0 Å². The van der Waals surface area contributed by atoms with Crippen LogP contribution >= 0.6 is 39.1 Å². The van der Waals surface area contributed by atoms with Gasteiger partial charge in [-0.15, -0.1) is 0 Å². The summed E-state index contributed by atoms with van der Waals surface area (Å²) in [6, 6.07) is 5.79. The third-order valence-electron chi connectivity index (χ3n) is 3.15. The van der Waals surface area contributed by atoms with Crippen LogP contribution in [0.3, 0.4) is 0 Å². The van der Waals surface area contributed by atoms with Crippen LogP contribution in [0.5, 0.6) is 0 Å². The summed E-state index contributed by atoms with van der Waals surface area (Å²) in [6.45, 7) is 6.83. The zero-order valence-corrected chi connectivity index (χ0v) is 14.2. The number of hydrogen-bond donors (Lipinski definition) is 0. The third-order valence-corrected chi connectivity index (χ3v) is 4.73. The zero-order chi connectivity index (χ0) is 14.0. The van der Waals surface area contributed by atoms with E-state index in [1.54, 1.807) is 0 Å². The van der Waals surface area contributed by atoms with E-state index in [9.17, 15) is 0 Å². The first-order valence-corrected chi connectivity index (χ1v) is 8.18. The number of rotatable bonds is 3. The second-order valence-corrected chi connectivity index (χ2v) is 6.97. The van der Waals surface area contributed by atoms with Crippen LogP contribution in [0, 0.1) is 0 Å². The van der Waals surface area contributed by atoms with Gasteiger partial charge in [-0.3, -0.25) is 4.90 Å². The summed E-state index contributed by atoms with van der Waals surface area (Å²) >= 11 is 15.8. The minimum atomic E-state index is -0.137. The number of alkyl halides is 1. The molecule has 1 aliphatic rings. The van der Waals surface area contributed by atoms with Gasteiger partial charge < -0.3 is 4.74 Å². The summed E-state index contributed by atoms with van der Waals surface area (Å²) in [5.74, 6) is 0. The Kier molecular flexibility index (Phi) is 5.18. The molecule has 0 aliphatic carbocycles. The lowest BCUT2D eigenvalue weighted by molar-refractivity contribution is -0.128. The lowest BCUT2D eigenvalue weighted by Crippen LogP contribution is -2.52. The van der Waals surface area contributed by atoms with Crippen LogP contribution < -0.4 is 0 Å². The van der Waals surface area contributed by atoms with Gasteiger partial charge >= 0.3 is 0 Å². The molecule has 2 rings (SSSR count). The lowest BCUT2D eigenvalue weighted by atomic mass is 10.0. The van der Waals surface area contributed by atoms with E-state index in [-0.39, 0.29) is 11.7 Å². The van der Waals surface area contributed by atoms with Crippen molar-refractivity contribution >= 4 is 39.1 Å². The molecule has 0 amide bonds. The summed E-state index contributed by atoms with van der Waals surface area (Å²) in [7, 11) is 0. The van der Waals surface area contributed by atoms with Gasteiger partial charge in [-0.2, -0.15) is 0 Å². The van der Waals surface area contributed by atoms with Crippen molar-refractivity contribution in [2.24, 2.45) is 0 Å². The molecule has 2 nitrogen and oxygen atoms in total. The summed E-state index contributed by atoms with van der Waals surface area (Å²) in [5.41, 5.74) is 0.932. The van der Waals surface area contributed by atoms with Crippen molar-refractivity contribution in [2.45, 2.75) is 32.1 Å². The summed E-state index contributed by atoms with van der Waals surface area (Å²) in [6.07, 6.45) is 0.210. The zero-order valence-electron chi connectivity index (χ0n) is 11.1. The van der Waals surface area contributed by atoms with E-state index in [0.717, 1.165) is 30.5 Å². The summed E-state index contributed by atoms with van der Waals surface area (Å²) in [5, 5.41) is 2.11. The van der Waals surface area contributed by atoms with Gasteiger partial charge in [-0.05, 0) is 25.5 Å². The highest BCUT2D eigenvalue weighted by atomic mass is 79.9. The van der Waals surface area contributed by atoms with E-state index >= 15 is 0 Å². The van der Waals surface area contributed by atoms with Gasteiger partial charge in [-0.25, -0.2) is 0 Å². The number of halogens is 3. The SMILES string of the molecule is CC1(C)CN(Cc2cccc(Cl)c2Cl)CC(CBr)O1. The molecular formula is C14H18BrCl2NO. The predicted octanol–water partition coefficient (Wildman–Crippen LogP) is 4.37. The van der Waals surface area contributed by atoms with Crippen molar-refractivity contribution in [2.75, 3.05) is 18.4 Å². The summed E-state index contributed by atoms with van der Waals surface area (Å²) < 4.78 is 6.00. The highest BCUT2D eigenvalue weighted by Crippen LogP contribution is 2.29. The Morgan fingerprint density at radius 3 is 2.84 bits per heavy atom. The fourth-order valence-corrected chi connectivity index (χ4v) is 3.25. The van der Waals surface area contributed by atoms with Gasteiger partial charge in [0.05, 0.1) is 21.8 Å². The number of benzene rings is 1. The molecule has 0 aromatic heterocycles. The minimum absolute atomic E-state index is 0.137. The van der Waals surface area contributed by atoms with E-state index in [0.29, 0.717) is 10.0 Å². The first kappa shape index (κ1) is 15.6. The van der Waals surface area contributed by atoms with Gasteiger partial charge in [0, 0.05) is 25.0 Å². The van der Waals surface area contributed by atoms with Gasteiger partial charge in [0.2, 0.25) is 0 Å². The molecule has 0 spiro atoms. The number of ether oxygens (including phenoxy) is 1. The Morgan fingerprint density at radius 1 is 1.42 bits per heavy atom. The first-order chi connectivity index (χ1) is 8.91. The van der Waals surface area contributed by atoms with Gasteiger partial charge in [0.25, 0.3) is 0 Å². The molecule has 1 fully saturated rings. The number of nitrogens with zero attached hydrogens (tertiary/aromatic N) is 1. The minimum Gasteiger partial charge on any atom is -0.369 e. The Bertz CT molecular complexity index is 453. The molecule has 0 radical (unpaired) electrons. The lowest BCUT2D eigenvalue weighted by Gasteiger charge is -2.42. The highest BCUT2D eigenvalue weighted by molar-refractivity contribution is 9.09. The molecule has 1 unspecified atom stereocenters. The highest BCUT2D eigenvalue weighted by Gasteiger charge is 2.32. The fraction of sp³-hybridized carbons (Fsp3) is 0.571. The fourth-order valence-electron chi connectivity index (χ4n) is 2.53. The standard InChI is InChI=1S/C14H18BrCl2NO/c1-14(2)9-18(8-11(6-15)19-14)7-10-4-3-5-12(16)13(10)17/h3-5,11H,6-9H2,1-2H3. The maximum atomic E-state index is 6.25. The van der Waals surface area contributed by atoms with Crippen molar-refractivity contribution in [1.82, 2.24) is 4.90 Å². The van der Waals surface area contributed by atoms with Crippen molar-refractivity contribution in [1.29, 1.82) is 0 Å². The second kappa shape index (κ2) is 6.31.